The zero-order chi connectivity index (χ0) is 22.7. The Balaban J connectivity index is 1.55. The Bertz CT molecular complexity index is 1200. The smallest absolute Gasteiger partial charge is 0.234 e. The van der Waals surface area contributed by atoms with Crippen molar-refractivity contribution in [2.75, 3.05) is 11.1 Å². The average Bonchev–Trinajstić information content (AvgIpc) is 3.40. The second kappa shape index (κ2) is 9.71. The number of hydrogen-bond acceptors (Lipinski definition) is 5. The van der Waals surface area contributed by atoms with Crippen LogP contribution >= 0.6 is 23.1 Å². The van der Waals surface area contributed by atoms with Crippen molar-refractivity contribution in [1.82, 2.24) is 14.8 Å². The predicted molar refractivity (Wildman–Crippen MR) is 133 cm³/mol. The van der Waals surface area contributed by atoms with Gasteiger partial charge in [0.15, 0.2) is 5.16 Å². The van der Waals surface area contributed by atoms with Crippen molar-refractivity contribution in [2.45, 2.75) is 39.3 Å². The molecule has 0 aliphatic carbocycles. The minimum absolute atomic E-state index is 0.0525. The fraction of sp³-hybridized carbons (Fsp3) is 0.240. The minimum Gasteiger partial charge on any atom is -0.325 e. The number of amides is 1. The fourth-order valence-electron chi connectivity index (χ4n) is 3.71. The first-order valence-electron chi connectivity index (χ1n) is 10.4. The predicted octanol–water partition coefficient (Wildman–Crippen LogP) is 5.88. The molecule has 0 atom stereocenters. The molecule has 0 aliphatic rings. The van der Waals surface area contributed by atoms with E-state index in [2.05, 4.69) is 81.8 Å². The lowest BCUT2D eigenvalue weighted by Crippen LogP contribution is -2.16. The van der Waals surface area contributed by atoms with Crippen molar-refractivity contribution in [2.24, 2.45) is 0 Å². The highest BCUT2D eigenvalue weighted by Crippen LogP contribution is 2.26. The van der Waals surface area contributed by atoms with E-state index in [-0.39, 0.29) is 11.7 Å². The summed E-state index contributed by atoms with van der Waals surface area (Å²) in [4.78, 5) is 14.0. The van der Waals surface area contributed by atoms with E-state index in [4.69, 9.17) is 0 Å². The van der Waals surface area contributed by atoms with Crippen molar-refractivity contribution < 1.29 is 4.79 Å². The third-order valence-corrected chi connectivity index (χ3v) is 6.98. The molecule has 0 saturated carbocycles. The second-order valence-electron chi connectivity index (χ2n) is 7.94. The van der Waals surface area contributed by atoms with Gasteiger partial charge in [-0.3, -0.25) is 9.36 Å². The summed E-state index contributed by atoms with van der Waals surface area (Å²) in [6.45, 7) is 8.17. The van der Waals surface area contributed by atoms with Gasteiger partial charge in [-0.05, 0) is 62.4 Å². The first kappa shape index (κ1) is 22.3. The Labute approximate surface area is 196 Å². The van der Waals surface area contributed by atoms with E-state index < -0.39 is 0 Å². The standard InChI is InChI=1S/C25H26N4OS2/c1-16-7-9-20(10-8-16)29-22(14-21-6-5-11-31-21)27-28-25(29)32-15-23(30)26-24-18(3)12-17(2)13-19(24)4/h5-13H,14-15H2,1-4H3,(H,26,30). The summed E-state index contributed by atoms with van der Waals surface area (Å²) in [5.74, 6) is 1.07. The molecular formula is C25H26N4OS2. The fourth-order valence-corrected chi connectivity index (χ4v) is 5.19. The molecule has 0 radical (unpaired) electrons. The Morgan fingerprint density at radius 3 is 2.38 bits per heavy atom. The maximum absolute atomic E-state index is 12.7. The number of hydrogen-bond donors (Lipinski definition) is 1. The molecule has 0 fully saturated rings. The lowest BCUT2D eigenvalue weighted by atomic mass is 10.1. The largest absolute Gasteiger partial charge is 0.325 e. The van der Waals surface area contributed by atoms with Gasteiger partial charge in [-0.25, -0.2) is 0 Å². The van der Waals surface area contributed by atoms with Gasteiger partial charge in [-0.2, -0.15) is 0 Å². The molecule has 0 spiro atoms. The normalized spacial score (nSPS) is 11.0. The lowest BCUT2D eigenvalue weighted by molar-refractivity contribution is -0.113. The van der Waals surface area contributed by atoms with Gasteiger partial charge in [0.05, 0.1) is 5.75 Å². The van der Waals surface area contributed by atoms with Crippen LogP contribution < -0.4 is 5.32 Å². The maximum Gasteiger partial charge on any atom is 0.234 e. The van der Waals surface area contributed by atoms with E-state index in [0.29, 0.717) is 11.6 Å². The number of benzene rings is 2. The number of anilines is 1. The summed E-state index contributed by atoms with van der Waals surface area (Å²) in [5, 5.41) is 14.7. The Morgan fingerprint density at radius 2 is 1.72 bits per heavy atom. The van der Waals surface area contributed by atoms with Gasteiger partial charge in [-0.15, -0.1) is 21.5 Å². The molecule has 0 aliphatic heterocycles. The molecule has 4 aromatic rings. The number of carbonyl (C=O) groups is 1. The Morgan fingerprint density at radius 1 is 1.00 bits per heavy atom. The number of nitrogens with one attached hydrogen (secondary N) is 1. The quantitative estimate of drug-likeness (QED) is 0.348. The third kappa shape index (κ3) is 5.11. The molecule has 0 bridgehead atoms. The van der Waals surface area contributed by atoms with Crippen molar-refractivity contribution in [1.29, 1.82) is 0 Å². The topological polar surface area (TPSA) is 59.8 Å². The highest BCUT2D eigenvalue weighted by Gasteiger charge is 2.17. The van der Waals surface area contributed by atoms with Crippen LogP contribution in [0.15, 0.2) is 59.1 Å². The highest BCUT2D eigenvalue weighted by molar-refractivity contribution is 7.99. The Kier molecular flexibility index (Phi) is 6.77. The number of thioether (sulfide) groups is 1. The molecule has 4 rings (SSSR count). The van der Waals surface area contributed by atoms with Crippen LogP contribution in [0.5, 0.6) is 0 Å². The molecule has 1 N–H and O–H groups in total. The van der Waals surface area contributed by atoms with Gasteiger partial charge in [0.1, 0.15) is 5.82 Å². The summed E-state index contributed by atoms with van der Waals surface area (Å²) in [6, 6.07) is 16.6. The summed E-state index contributed by atoms with van der Waals surface area (Å²) < 4.78 is 2.06. The molecular weight excluding hydrogens is 436 g/mol. The number of nitrogens with zero attached hydrogens (tertiary/aromatic N) is 3. The van der Waals surface area contributed by atoms with Crippen molar-refractivity contribution in [3.8, 4) is 5.69 Å². The van der Waals surface area contributed by atoms with Crippen LogP contribution in [0.25, 0.3) is 5.69 Å². The lowest BCUT2D eigenvalue weighted by Gasteiger charge is -2.13. The molecule has 2 aromatic carbocycles. The molecule has 0 unspecified atom stereocenters. The van der Waals surface area contributed by atoms with E-state index in [9.17, 15) is 4.79 Å². The first-order chi connectivity index (χ1) is 15.4. The van der Waals surface area contributed by atoms with E-state index >= 15 is 0 Å². The van der Waals surface area contributed by atoms with Crippen LogP contribution in [-0.4, -0.2) is 26.4 Å². The molecule has 0 saturated heterocycles. The van der Waals surface area contributed by atoms with E-state index in [1.54, 1.807) is 11.3 Å². The average molecular weight is 463 g/mol. The van der Waals surface area contributed by atoms with E-state index in [0.717, 1.165) is 28.3 Å². The van der Waals surface area contributed by atoms with E-state index in [1.165, 1.54) is 27.8 Å². The Hall–Kier alpha value is -2.90. The van der Waals surface area contributed by atoms with Crippen LogP contribution in [0, 0.1) is 27.7 Å². The van der Waals surface area contributed by atoms with Gasteiger partial charge < -0.3 is 5.32 Å². The monoisotopic (exact) mass is 462 g/mol. The molecule has 164 valence electrons. The molecule has 5 nitrogen and oxygen atoms in total. The molecule has 2 heterocycles. The maximum atomic E-state index is 12.7. The molecule has 32 heavy (non-hydrogen) atoms. The number of rotatable bonds is 7. The molecule has 7 heteroatoms. The van der Waals surface area contributed by atoms with Gasteiger partial charge in [0, 0.05) is 22.7 Å². The molecule has 1 amide bonds. The second-order valence-corrected chi connectivity index (χ2v) is 9.91. The number of aromatic nitrogens is 3. The zero-order valence-corrected chi connectivity index (χ0v) is 20.3. The number of thiophene rings is 1. The van der Waals surface area contributed by atoms with E-state index in [1.807, 2.05) is 19.9 Å². The van der Waals surface area contributed by atoms with Crippen LogP contribution in [0.4, 0.5) is 5.69 Å². The summed E-state index contributed by atoms with van der Waals surface area (Å²) in [6.07, 6.45) is 0.701. The van der Waals surface area contributed by atoms with Gasteiger partial charge >= 0.3 is 0 Å². The summed E-state index contributed by atoms with van der Waals surface area (Å²) >= 11 is 3.11. The van der Waals surface area contributed by atoms with Crippen LogP contribution in [0.3, 0.4) is 0 Å². The van der Waals surface area contributed by atoms with Gasteiger partial charge in [-0.1, -0.05) is 53.2 Å². The molecule has 2 aromatic heterocycles. The number of aryl methyl sites for hydroxylation is 4. The highest BCUT2D eigenvalue weighted by atomic mass is 32.2. The van der Waals surface area contributed by atoms with Crippen molar-refractivity contribution in [3.63, 3.8) is 0 Å². The summed E-state index contributed by atoms with van der Waals surface area (Å²) in [7, 11) is 0. The van der Waals surface area contributed by atoms with Crippen molar-refractivity contribution >= 4 is 34.7 Å². The SMILES string of the molecule is Cc1ccc(-n2c(Cc3cccs3)nnc2SCC(=O)Nc2c(C)cc(C)cc2C)cc1. The minimum atomic E-state index is -0.0525. The van der Waals surface area contributed by atoms with Crippen LogP contribution in [-0.2, 0) is 11.2 Å². The van der Waals surface area contributed by atoms with Gasteiger partial charge in [0.25, 0.3) is 0 Å². The van der Waals surface area contributed by atoms with Crippen molar-refractivity contribution in [3.05, 3.63) is 86.9 Å². The zero-order valence-electron chi connectivity index (χ0n) is 18.7. The van der Waals surface area contributed by atoms with Crippen LogP contribution in [0.1, 0.15) is 33.0 Å². The summed E-state index contributed by atoms with van der Waals surface area (Å²) in [5.41, 5.74) is 6.42. The third-order valence-electron chi connectivity index (χ3n) is 5.18. The van der Waals surface area contributed by atoms with Gasteiger partial charge in [0.2, 0.25) is 5.91 Å². The van der Waals surface area contributed by atoms with Crippen LogP contribution in [0.2, 0.25) is 0 Å². The number of carbonyl (C=O) groups excluding carboxylic acids is 1. The first-order valence-corrected chi connectivity index (χ1v) is 12.3.